The number of halogens is 1. The molecule has 1 aliphatic heterocycles. The van der Waals surface area contributed by atoms with Crippen molar-refractivity contribution in [1.29, 1.82) is 0 Å². The maximum absolute atomic E-state index is 12.9. The molecular formula is C19H19FN4O4. The van der Waals surface area contributed by atoms with Crippen LogP contribution in [0.3, 0.4) is 0 Å². The first-order chi connectivity index (χ1) is 13.4. The van der Waals surface area contributed by atoms with E-state index in [1.54, 1.807) is 21.9 Å². The number of nitrogens with one attached hydrogen (secondary N) is 1. The lowest BCUT2D eigenvalue weighted by atomic mass is 10.1. The van der Waals surface area contributed by atoms with Crippen molar-refractivity contribution in [3.63, 3.8) is 0 Å². The van der Waals surface area contributed by atoms with E-state index < -0.39 is 4.92 Å². The Morgan fingerprint density at radius 3 is 2.11 bits per heavy atom. The monoisotopic (exact) mass is 386 g/mol. The van der Waals surface area contributed by atoms with Gasteiger partial charge in [0.25, 0.3) is 5.69 Å². The number of nitro benzene ring substituents is 1. The van der Waals surface area contributed by atoms with Crippen LogP contribution >= 0.6 is 0 Å². The van der Waals surface area contributed by atoms with E-state index in [1.807, 2.05) is 0 Å². The van der Waals surface area contributed by atoms with Crippen molar-refractivity contribution in [3.05, 3.63) is 70.0 Å². The zero-order chi connectivity index (χ0) is 20.1. The largest absolute Gasteiger partial charge is 0.339 e. The number of piperazine rings is 1. The summed E-state index contributed by atoms with van der Waals surface area (Å²) in [7, 11) is 0. The van der Waals surface area contributed by atoms with Crippen molar-refractivity contribution in [1.82, 2.24) is 9.80 Å². The van der Waals surface area contributed by atoms with E-state index in [2.05, 4.69) is 5.32 Å². The molecule has 1 fully saturated rings. The molecule has 0 unspecified atom stereocenters. The van der Waals surface area contributed by atoms with E-state index in [1.165, 1.54) is 36.4 Å². The third-order valence-electron chi connectivity index (χ3n) is 4.52. The van der Waals surface area contributed by atoms with Crippen molar-refractivity contribution in [2.75, 3.05) is 31.5 Å². The van der Waals surface area contributed by atoms with Gasteiger partial charge in [-0.05, 0) is 29.8 Å². The summed E-state index contributed by atoms with van der Waals surface area (Å²) in [4.78, 5) is 38.1. The van der Waals surface area contributed by atoms with E-state index in [0.29, 0.717) is 37.4 Å². The summed E-state index contributed by atoms with van der Waals surface area (Å²) in [5.74, 6) is -0.467. The van der Waals surface area contributed by atoms with Gasteiger partial charge in [-0.25, -0.2) is 9.18 Å². The second-order valence-corrected chi connectivity index (χ2v) is 6.41. The minimum absolute atomic E-state index is 0.0167. The maximum Gasteiger partial charge on any atom is 0.321 e. The average molecular weight is 386 g/mol. The number of anilines is 1. The predicted octanol–water partition coefficient (Wildman–Crippen LogP) is 2.65. The van der Waals surface area contributed by atoms with Crippen LogP contribution in [-0.2, 0) is 11.2 Å². The lowest BCUT2D eigenvalue weighted by Crippen LogP contribution is -2.52. The smallest absolute Gasteiger partial charge is 0.321 e. The Bertz CT molecular complexity index is 863. The number of amides is 3. The van der Waals surface area contributed by atoms with Crippen LogP contribution in [0.2, 0.25) is 0 Å². The quantitative estimate of drug-likeness (QED) is 0.645. The van der Waals surface area contributed by atoms with Gasteiger partial charge in [-0.15, -0.1) is 0 Å². The van der Waals surface area contributed by atoms with Gasteiger partial charge in [0.1, 0.15) is 5.82 Å². The Morgan fingerprint density at radius 1 is 0.964 bits per heavy atom. The van der Waals surface area contributed by atoms with E-state index in [4.69, 9.17) is 0 Å². The summed E-state index contributed by atoms with van der Waals surface area (Å²) in [5, 5.41) is 13.4. The zero-order valence-corrected chi connectivity index (χ0v) is 15.0. The van der Waals surface area contributed by atoms with Crippen LogP contribution in [0.15, 0.2) is 48.5 Å². The molecular weight excluding hydrogens is 367 g/mol. The summed E-state index contributed by atoms with van der Waals surface area (Å²) < 4.78 is 12.9. The summed E-state index contributed by atoms with van der Waals surface area (Å²) in [5.41, 5.74) is 1.19. The van der Waals surface area contributed by atoms with Gasteiger partial charge in [-0.2, -0.15) is 0 Å². The Labute approximate surface area is 160 Å². The molecule has 1 saturated heterocycles. The van der Waals surface area contributed by atoms with Crippen molar-refractivity contribution < 1.29 is 18.9 Å². The molecule has 2 aromatic carbocycles. The molecule has 9 heteroatoms. The van der Waals surface area contributed by atoms with Crippen LogP contribution in [0.1, 0.15) is 5.56 Å². The number of rotatable bonds is 4. The first kappa shape index (κ1) is 19.3. The lowest BCUT2D eigenvalue weighted by molar-refractivity contribution is -0.384. The normalized spacial score (nSPS) is 13.9. The number of hydrogen-bond acceptors (Lipinski definition) is 4. The number of carbonyl (C=O) groups excluding carboxylic acids is 2. The first-order valence-corrected chi connectivity index (χ1v) is 8.75. The third kappa shape index (κ3) is 4.81. The summed E-state index contributed by atoms with van der Waals surface area (Å²) in [6.07, 6.45) is 0.153. The topological polar surface area (TPSA) is 95.8 Å². The molecule has 1 aliphatic rings. The highest BCUT2D eigenvalue weighted by atomic mass is 19.1. The van der Waals surface area contributed by atoms with Crippen LogP contribution in [0, 0.1) is 15.9 Å². The maximum atomic E-state index is 12.9. The molecule has 0 bridgehead atoms. The Hall–Kier alpha value is -3.49. The second-order valence-electron chi connectivity index (χ2n) is 6.41. The Kier molecular flexibility index (Phi) is 5.83. The van der Waals surface area contributed by atoms with E-state index >= 15 is 0 Å². The highest BCUT2D eigenvalue weighted by Crippen LogP contribution is 2.14. The highest BCUT2D eigenvalue weighted by molar-refractivity contribution is 5.89. The molecule has 0 aliphatic carbocycles. The third-order valence-corrected chi connectivity index (χ3v) is 4.52. The standard InChI is InChI=1S/C19H19FN4O4/c20-15-3-5-16(6-4-15)21-19(26)23-11-9-22(10-12-23)18(25)13-14-1-7-17(8-2-14)24(27)28/h1-8H,9-13H2,(H,21,26). The van der Waals surface area contributed by atoms with E-state index in [0.717, 1.165) is 0 Å². The molecule has 8 nitrogen and oxygen atoms in total. The fourth-order valence-electron chi connectivity index (χ4n) is 2.92. The molecule has 28 heavy (non-hydrogen) atoms. The molecule has 0 spiro atoms. The fourth-order valence-corrected chi connectivity index (χ4v) is 2.92. The molecule has 1 N–H and O–H groups in total. The van der Waals surface area contributed by atoms with Crippen LogP contribution in [0.25, 0.3) is 0 Å². The van der Waals surface area contributed by atoms with Gasteiger partial charge in [-0.1, -0.05) is 12.1 Å². The van der Waals surface area contributed by atoms with Crippen molar-refractivity contribution in [3.8, 4) is 0 Å². The number of carbonyl (C=O) groups is 2. The first-order valence-electron chi connectivity index (χ1n) is 8.75. The SMILES string of the molecule is O=C(Cc1ccc([N+](=O)[O-])cc1)N1CCN(C(=O)Nc2ccc(F)cc2)CC1. The lowest BCUT2D eigenvalue weighted by Gasteiger charge is -2.34. The molecule has 2 aromatic rings. The Balaban J connectivity index is 1.48. The average Bonchev–Trinajstić information content (AvgIpc) is 2.70. The highest BCUT2D eigenvalue weighted by Gasteiger charge is 2.24. The van der Waals surface area contributed by atoms with Crippen LogP contribution in [0.5, 0.6) is 0 Å². The molecule has 0 aromatic heterocycles. The van der Waals surface area contributed by atoms with Crippen molar-refractivity contribution >= 4 is 23.3 Å². The van der Waals surface area contributed by atoms with Crippen LogP contribution in [-0.4, -0.2) is 52.8 Å². The number of nitro groups is 1. The molecule has 0 saturated carbocycles. The van der Waals surface area contributed by atoms with Crippen LogP contribution in [0.4, 0.5) is 20.6 Å². The van der Waals surface area contributed by atoms with Gasteiger partial charge in [0.15, 0.2) is 0 Å². The minimum Gasteiger partial charge on any atom is -0.339 e. The minimum atomic E-state index is -0.484. The van der Waals surface area contributed by atoms with Crippen molar-refractivity contribution in [2.45, 2.75) is 6.42 Å². The number of urea groups is 1. The molecule has 146 valence electrons. The predicted molar refractivity (Wildman–Crippen MR) is 100 cm³/mol. The zero-order valence-electron chi connectivity index (χ0n) is 15.0. The van der Waals surface area contributed by atoms with Gasteiger partial charge in [0, 0.05) is 44.0 Å². The fraction of sp³-hybridized carbons (Fsp3) is 0.263. The number of nitrogens with zero attached hydrogens (tertiary/aromatic N) is 3. The molecule has 3 amide bonds. The van der Waals surface area contributed by atoms with Gasteiger partial charge < -0.3 is 15.1 Å². The van der Waals surface area contributed by atoms with Gasteiger partial charge in [-0.3, -0.25) is 14.9 Å². The molecule has 3 rings (SSSR count). The van der Waals surface area contributed by atoms with Gasteiger partial charge >= 0.3 is 6.03 Å². The van der Waals surface area contributed by atoms with E-state index in [-0.39, 0.29) is 29.9 Å². The summed E-state index contributed by atoms with van der Waals surface area (Å²) in [6.45, 7) is 1.59. The molecule has 0 atom stereocenters. The number of benzene rings is 2. The number of hydrogen-bond donors (Lipinski definition) is 1. The Morgan fingerprint density at radius 2 is 1.54 bits per heavy atom. The number of non-ortho nitro benzene ring substituents is 1. The summed E-state index contributed by atoms with van der Waals surface area (Å²) in [6, 6.07) is 11.1. The van der Waals surface area contributed by atoms with Gasteiger partial charge in [0.05, 0.1) is 11.3 Å². The molecule has 0 radical (unpaired) electrons. The van der Waals surface area contributed by atoms with Crippen molar-refractivity contribution in [2.24, 2.45) is 0 Å². The summed E-state index contributed by atoms with van der Waals surface area (Å²) >= 11 is 0. The second kappa shape index (κ2) is 8.47. The van der Waals surface area contributed by atoms with E-state index in [9.17, 15) is 24.1 Å². The van der Waals surface area contributed by atoms with Crippen LogP contribution < -0.4 is 5.32 Å². The van der Waals surface area contributed by atoms with Gasteiger partial charge in [0.2, 0.25) is 5.91 Å². The molecule has 1 heterocycles.